The second-order valence-electron chi connectivity index (χ2n) is 8.16. The fourth-order valence-corrected chi connectivity index (χ4v) is 3.50. The summed E-state index contributed by atoms with van der Waals surface area (Å²) in [4.78, 5) is 14.3. The maximum Gasteiger partial charge on any atom is 0.410 e. The van der Waals surface area contributed by atoms with Crippen LogP contribution in [0.5, 0.6) is 0 Å². The Labute approximate surface area is 161 Å². The zero-order valence-electron chi connectivity index (χ0n) is 16.5. The van der Waals surface area contributed by atoms with Crippen LogP contribution >= 0.6 is 0 Å². The van der Waals surface area contributed by atoms with E-state index in [4.69, 9.17) is 9.47 Å². The Kier molecular flexibility index (Phi) is 5.85. The van der Waals surface area contributed by atoms with Crippen molar-refractivity contribution in [2.75, 3.05) is 6.54 Å². The Morgan fingerprint density at radius 2 is 1.96 bits per heavy atom. The van der Waals surface area contributed by atoms with Gasteiger partial charge in [-0.15, -0.1) is 6.58 Å². The number of likely N-dealkylation sites (tertiary alicyclic amines) is 1. The third-order valence-electron chi connectivity index (χ3n) is 4.74. The summed E-state index contributed by atoms with van der Waals surface area (Å²) in [6.45, 7) is 10.6. The fourth-order valence-electron chi connectivity index (χ4n) is 3.50. The van der Waals surface area contributed by atoms with E-state index in [1.54, 1.807) is 4.90 Å². The van der Waals surface area contributed by atoms with E-state index in [-0.39, 0.29) is 18.2 Å². The molecule has 0 aliphatic carbocycles. The Morgan fingerprint density at radius 3 is 2.67 bits per heavy atom. The maximum absolute atomic E-state index is 12.5. The highest BCUT2D eigenvalue weighted by molar-refractivity contribution is 5.82. The van der Waals surface area contributed by atoms with Crippen LogP contribution in [-0.4, -0.2) is 35.3 Å². The smallest absolute Gasteiger partial charge is 0.410 e. The van der Waals surface area contributed by atoms with Crippen LogP contribution in [0.2, 0.25) is 0 Å². The van der Waals surface area contributed by atoms with Gasteiger partial charge in [-0.25, -0.2) is 4.79 Å². The van der Waals surface area contributed by atoms with Crippen molar-refractivity contribution in [2.24, 2.45) is 0 Å². The number of rotatable bonds is 5. The van der Waals surface area contributed by atoms with Crippen molar-refractivity contribution in [3.05, 3.63) is 60.7 Å². The molecule has 1 amide bonds. The first-order valence-electron chi connectivity index (χ1n) is 9.55. The molecular weight excluding hydrogens is 338 g/mol. The van der Waals surface area contributed by atoms with E-state index in [2.05, 4.69) is 36.9 Å². The zero-order valence-corrected chi connectivity index (χ0v) is 16.5. The van der Waals surface area contributed by atoms with Crippen LogP contribution in [0.15, 0.2) is 55.1 Å². The molecule has 3 rings (SSSR count). The molecule has 1 fully saturated rings. The molecule has 144 valence electrons. The lowest BCUT2D eigenvalue weighted by Crippen LogP contribution is -2.40. The second kappa shape index (κ2) is 8.13. The zero-order chi connectivity index (χ0) is 19.4. The van der Waals surface area contributed by atoms with E-state index >= 15 is 0 Å². The van der Waals surface area contributed by atoms with Crippen molar-refractivity contribution in [3.63, 3.8) is 0 Å². The molecule has 0 radical (unpaired) electrons. The van der Waals surface area contributed by atoms with Gasteiger partial charge in [0, 0.05) is 6.04 Å². The van der Waals surface area contributed by atoms with Crippen LogP contribution in [0, 0.1) is 0 Å². The van der Waals surface area contributed by atoms with Crippen molar-refractivity contribution in [3.8, 4) is 0 Å². The van der Waals surface area contributed by atoms with Gasteiger partial charge < -0.3 is 14.4 Å². The van der Waals surface area contributed by atoms with Gasteiger partial charge in [0.2, 0.25) is 0 Å². The van der Waals surface area contributed by atoms with E-state index in [1.807, 2.05) is 39.0 Å². The number of carbonyl (C=O) groups excluding carboxylic acids is 1. The number of ether oxygens (including phenoxy) is 2. The van der Waals surface area contributed by atoms with Gasteiger partial charge >= 0.3 is 6.09 Å². The summed E-state index contributed by atoms with van der Waals surface area (Å²) in [6, 6.07) is 14.8. The van der Waals surface area contributed by atoms with Gasteiger partial charge in [0.1, 0.15) is 5.60 Å². The number of fused-ring (bicyclic) bond motifs is 1. The largest absolute Gasteiger partial charge is 0.444 e. The first-order valence-corrected chi connectivity index (χ1v) is 9.55. The van der Waals surface area contributed by atoms with Crippen molar-refractivity contribution in [2.45, 2.75) is 58.0 Å². The van der Waals surface area contributed by atoms with Crippen LogP contribution in [0.3, 0.4) is 0 Å². The molecule has 1 saturated heterocycles. The monoisotopic (exact) mass is 367 g/mol. The van der Waals surface area contributed by atoms with Crippen LogP contribution in [0.4, 0.5) is 4.79 Å². The number of benzene rings is 2. The van der Waals surface area contributed by atoms with Crippen molar-refractivity contribution in [1.82, 2.24) is 4.90 Å². The average molecular weight is 367 g/mol. The SMILES string of the molecule is C=CC[C@@H]1C[C@@H](OCc2ccc3ccccc3c2)CN1C(=O)OC(C)(C)C. The van der Waals surface area contributed by atoms with Crippen LogP contribution in [-0.2, 0) is 16.1 Å². The lowest BCUT2D eigenvalue weighted by atomic mass is 10.1. The molecule has 1 aliphatic heterocycles. The third-order valence-corrected chi connectivity index (χ3v) is 4.74. The van der Waals surface area contributed by atoms with Crippen LogP contribution in [0.1, 0.15) is 39.2 Å². The molecule has 0 aromatic heterocycles. The predicted octanol–water partition coefficient (Wildman–Crippen LogP) is 5.31. The molecule has 4 heteroatoms. The number of amides is 1. The lowest BCUT2D eigenvalue weighted by molar-refractivity contribution is 0.0151. The number of hydrogen-bond donors (Lipinski definition) is 0. The Bertz CT molecular complexity index is 809. The van der Waals surface area contributed by atoms with Crippen molar-refractivity contribution in [1.29, 1.82) is 0 Å². The molecule has 2 aromatic carbocycles. The van der Waals surface area contributed by atoms with Crippen LogP contribution < -0.4 is 0 Å². The van der Waals surface area contributed by atoms with E-state index in [1.165, 1.54) is 10.8 Å². The summed E-state index contributed by atoms with van der Waals surface area (Å²) >= 11 is 0. The van der Waals surface area contributed by atoms with Gasteiger partial charge in [0.15, 0.2) is 0 Å². The lowest BCUT2D eigenvalue weighted by Gasteiger charge is -2.28. The van der Waals surface area contributed by atoms with Crippen molar-refractivity contribution >= 4 is 16.9 Å². The summed E-state index contributed by atoms with van der Waals surface area (Å²) in [6.07, 6.45) is 3.14. The molecule has 0 unspecified atom stereocenters. The summed E-state index contributed by atoms with van der Waals surface area (Å²) in [5.41, 5.74) is 0.643. The fraction of sp³-hybridized carbons (Fsp3) is 0.435. The minimum Gasteiger partial charge on any atom is -0.444 e. The number of carbonyl (C=O) groups is 1. The quantitative estimate of drug-likeness (QED) is 0.672. The first-order chi connectivity index (χ1) is 12.9. The Morgan fingerprint density at radius 1 is 1.22 bits per heavy atom. The standard InChI is InChI=1S/C23H29NO3/c1-5-8-20-14-21(15-24(20)22(25)27-23(2,3)4)26-16-17-11-12-18-9-6-7-10-19(18)13-17/h5-7,9-13,20-21H,1,8,14-16H2,2-4H3/t20-,21-/m1/s1. The van der Waals surface area contributed by atoms with Crippen molar-refractivity contribution < 1.29 is 14.3 Å². The predicted molar refractivity (Wildman–Crippen MR) is 109 cm³/mol. The molecule has 0 saturated carbocycles. The maximum atomic E-state index is 12.5. The van der Waals surface area contributed by atoms with Gasteiger partial charge in [0.05, 0.1) is 19.3 Å². The molecule has 27 heavy (non-hydrogen) atoms. The van der Waals surface area contributed by atoms with E-state index in [9.17, 15) is 4.79 Å². The minimum absolute atomic E-state index is 0.00828. The number of hydrogen-bond acceptors (Lipinski definition) is 3. The Hall–Kier alpha value is -2.33. The van der Waals surface area contributed by atoms with Gasteiger partial charge in [-0.3, -0.25) is 0 Å². The van der Waals surface area contributed by atoms with Crippen LogP contribution in [0.25, 0.3) is 10.8 Å². The highest BCUT2D eigenvalue weighted by Crippen LogP contribution is 2.26. The summed E-state index contributed by atoms with van der Waals surface area (Å²) in [5, 5.41) is 2.44. The molecular formula is C23H29NO3. The van der Waals surface area contributed by atoms with E-state index in [0.29, 0.717) is 13.2 Å². The molecule has 2 atom stereocenters. The number of nitrogens with zero attached hydrogens (tertiary/aromatic N) is 1. The summed E-state index contributed by atoms with van der Waals surface area (Å²) < 4.78 is 11.7. The molecule has 1 heterocycles. The molecule has 4 nitrogen and oxygen atoms in total. The van der Waals surface area contributed by atoms with Gasteiger partial charge in [0.25, 0.3) is 0 Å². The minimum atomic E-state index is -0.500. The molecule has 0 N–H and O–H groups in total. The summed E-state index contributed by atoms with van der Waals surface area (Å²) in [7, 11) is 0. The normalized spacial score (nSPS) is 20.0. The molecule has 2 aromatic rings. The highest BCUT2D eigenvalue weighted by Gasteiger charge is 2.37. The van der Waals surface area contributed by atoms with Gasteiger partial charge in [-0.05, 0) is 56.0 Å². The third kappa shape index (κ3) is 5.10. The average Bonchev–Trinajstić information content (AvgIpc) is 3.02. The van der Waals surface area contributed by atoms with E-state index in [0.717, 1.165) is 18.4 Å². The van der Waals surface area contributed by atoms with E-state index < -0.39 is 5.60 Å². The highest BCUT2D eigenvalue weighted by atomic mass is 16.6. The van der Waals surface area contributed by atoms with Gasteiger partial charge in [-0.2, -0.15) is 0 Å². The molecule has 0 spiro atoms. The Balaban J connectivity index is 1.62. The summed E-state index contributed by atoms with van der Waals surface area (Å²) in [5.74, 6) is 0. The van der Waals surface area contributed by atoms with Gasteiger partial charge in [-0.1, -0.05) is 42.5 Å². The topological polar surface area (TPSA) is 38.8 Å². The second-order valence-corrected chi connectivity index (χ2v) is 8.16. The first kappa shape index (κ1) is 19.4. The molecule has 1 aliphatic rings. The molecule has 0 bridgehead atoms.